The van der Waals surface area contributed by atoms with Crippen LogP contribution in [-0.2, 0) is 9.31 Å². The van der Waals surface area contributed by atoms with Crippen LogP contribution in [0.5, 0.6) is 0 Å². The molecule has 1 aromatic carbocycles. The van der Waals surface area contributed by atoms with Gasteiger partial charge in [-0.25, -0.2) is 4.39 Å². The first-order valence-corrected chi connectivity index (χ1v) is 8.29. The van der Waals surface area contributed by atoms with Crippen molar-refractivity contribution in [2.45, 2.75) is 45.3 Å². The molecule has 0 bridgehead atoms. The van der Waals surface area contributed by atoms with Crippen molar-refractivity contribution in [1.82, 2.24) is 4.90 Å². The van der Waals surface area contributed by atoms with Crippen LogP contribution in [0.4, 0.5) is 4.39 Å². The van der Waals surface area contributed by atoms with Crippen LogP contribution in [0.1, 0.15) is 44.5 Å². The van der Waals surface area contributed by atoms with Crippen molar-refractivity contribution in [3.8, 4) is 0 Å². The molecule has 1 saturated heterocycles. The monoisotopic (exact) mass is 331 g/mol. The van der Waals surface area contributed by atoms with E-state index >= 15 is 0 Å². The summed E-state index contributed by atoms with van der Waals surface area (Å²) in [5.74, 6) is -0.424. The number of hydrogen-bond donors (Lipinski definition) is 0. The van der Waals surface area contributed by atoms with Crippen LogP contribution in [0.25, 0.3) is 0 Å². The van der Waals surface area contributed by atoms with Gasteiger partial charge in [-0.05, 0) is 63.9 Å². The van der Waals surface area contributed by atoms with E-state index in [1.54, 1.807) is 4.90 Å². The lowest BCUT2D eigenvalue weighted by Gasteiger charge is -2.32. The highest BCUT2D eigenvalue weighted by Crippen LogP contribution is 2.39. The minimum Gasteiger partial charge on any atom is -0.400 e. The van der Waals surface area contributed by atoms with E-state index in [0.29, 0.717) is 25.1 Å². The molecule has 2 aliphatic rings. The van der Waals surface area contributed by atoms with Crippen molar-refractivity contribution < 1.29 is 18.5 Å². The standard InChI is InChI=1S/C18H23BFNO3/c1-17(2)18(3,4)24-19(23-17)14-9-11-21(12-10-14)16(22)13-5-7-15(20)8-6-13/h5-9H,10-12H2,1-4H3. The zero-order valence-corrected chi connectivity index (χ0v) is 14.6. The van der Waals surface area contributed by atoms with Gasteiger partial charge in [0.15, 0.2) is 0 Å². The summed E-state index contributed by atoms with van der Waals surface area (Å²) in [5, 5.41) is 0. The fourth-order valence-corrected chi connectivity index (χ4v) is 2.85. The lowest BCUT2D eigenvalue weighted by atomic mass is 9.74. The van der Waals surface area contributed by atoms with Gasteiger partial charge in [0.1, 0.15) is 5.82 Å². The van der Waals surface area contributed by atoms with E-state index in [-0.39, 0.29) is 30.0 Å². The Kier molecular flexibility index (Phi) is 4.30. The Labute approximate surface area is 142 Å². The van der Waals surface area contributed by atoms with Gasteiger partial charge in [0.25, 0.3) is 5.91 Å². The molecule has 2 aliphatic heterocycles. The van der Waals surface area contributed by atoms with E-state index in [4.69, 9.17) is 9.31 Å². The number of carbonyl (C=O) groups is 1. The number of nitrogens with zero attached hydrogens (tertiary/aromatic N) is 1. The van der Waals surface area contributed by atoms with Crippen LogP contribution in [0, 0.1) is 5.82 Å². The van der Waals surface area contributed by atoms with Gasteiger partial charge in [-0.15, -0.1) is 0 Å². The topological polar surface area (TPSA) is 38.8 Å². The molecule has 0 aliphatic carbocycles. The number of rotatable bonds is 2. The SMILES string of the molecule is CC1(C)OB(C2=CCN(C(=O)c3ccc(F)cc3)CC2)OC1(C)C. The van der Waals surface area contributed by atoms with Gasteiger partial charge in [-0.2, -0.15) is 0 Å². The molecule has 3 rings (SSSR count). The van der Waals surface area contributed by atoms with Crippen LogP contribution < -0.4 is 0 Å². The molecule has 0 saturated carbocycles. The van der Waals surface area contributed by atoms with E-state index in [1.165, 1.54) is 24.3 Å². The molecule has 24 heavy (non-hydrogen) atoms. The normalized spacial score (nSPS) is 22.5. The molecule has 0 N–H and O–H groups in total. The quantitative estimate of drug-likeness (QED) is 0.781. The second-order valence-electron chi connectivity index (χ2n) is 7.38. The summed E-state index contributed by atoms with van der Waals surface area (Å²) >= 11 is 0. The first-order valence-electron chi connectivity index (χ1n) is 8.29. The van der Waals surface area contributed by atoms with Crippen LogP contribution in [0.2, 0.25) is 0 Å². The molecule has 128 valence electrons. The smallest absolute Gasteiger partial charge is 0.400 e. The third-order valence-electron chi connectivity index (χ3n) is 5.18. The second kappa shape index (κ2) is 6.01. The highest BCUT2D eigenvalue weighted by atomic mass is 19.1. The van der Waals surface area contributed by atoms with E-state index < -0.39 is 0 Å². The van der Waals surface area contributed by atoms with Gasteiger partial charge < -0.3 is 14.2 Å². The summed E-state index contributed by atoms with van der Waals surface area (Å²) in [6.07, 6.45) is 2.72. The molecular weight excluding hydrogens is 308 g/mol. The number of carbonyl (C=O) groups excluding carboxylic acids is 1. The number of halogens is 1. The van der Waals surface area contributed by atoms with Crippen molar-refractivity contribution in [3.05, 3.63) is 47.2 Å². The third-order valence-corrected chi connectivity index (χ3v) is 5.18. The molecule has 6 heteroatoms. The molecular formula is C18H23BFNO3. The van der Waals surface area contributed by atoms with E-state index in [1.807, 2.05) is 33.8 Å². The fraction of sp³-hybridized carbons (Fsp3) is 0.500. The number of amides is 1. The molecule has 1 fully saturated rings. The predicted molar refractivity (Wildman–Crippen MR) is 91.1 cm³/mol. The highest BCUT2D eigenvalue weighted by Gasteiger charge is 2.52. The fourth-order valence-electron chi connectivity index (χ4n) is 2.85. The molecule has 1 amide bonds. The summed E-state index contributed by atoms with van der Waals surface area (Å²) in [6.45, 7) is 9.23. The number of benzene rings is 1. The summed E-state index contributed by atoms with van der Waals surface area (Å²) in [4.78, 5) is 14.2. The maximum atomic E-state index is 13.0. The van der Waals surface area contributed by atoms with Crippen LogP contribution >= 0.6 is 0 Å². The lowest BCUT2D eigenvalue weighted by molar-refractivity contribution is 0.00578. The first-order chi connectivity index (χ1) is 11.2. The Hall–Kier alpha value is -1.66. The van der Waals surface area contributed by atoms with Gasteiger partial charge in [0, 0.05) is 18.7 Å². The van der Waals surface area contributed by atoms with Gasteiger partial charge in [-0.3, -0.25) is 4.79 Å². The number of hydrogen-bond acceptors (Lipinski definition) is 3. The van der Waals surface area contributed by atoms with E-state index in [2.05, 4.69) is 0 Å². The molecule has 0 radical (unpaired) electrons. The van der Waals surface area contributed by atoms with Crippen molar-refractivity contribution in [3.63, 3.8) is 0 Å². The van der Waals surface area contributed by atoms with Crippen molar-refractivity contribution >= 4 is 13.0 Å². The minimum atomic E-state index is -0.362. The van der Waals surface area contributed by atoms with Crippen LogP contribution in [-0.4, -0.2) is 42.2 Å². The Balaban J connectivity index is 1.66. The average Bonchev–Trinajstić information content (AvgIpc) is 2.76. The second-order valence-corrected chi connectivity index (χ2v) is 7.38. The van der Waals surface area contributed by atoms with Gasteiger partial charge in [-0.1, -0.05) is 6.08 Å². The summed E-state index contributed by atoms with van der Waals surface area (Å²) in [5.41, 5.74) is 0.861. The summed E-state index contributed by atoms with van der Waals surface area (Å²) in [6, 6.07) is 5.65. The van der Waals surface area contributed by atoms with Crippen molar-refractivity contribution in [1.29, 1.82) is 0 Å². The van der Waals surface area contributed by atoms with Gasteiger partial charge in [0.2, 0.25) is 0 Å². The van der Waals surface area contributed by atoms with Crippen molar-refractivity contribution in [2.24, 2.45) is 0 Å². The zero-order chi connectivity index (χ0) is 17.5. The Bertz CT molecular complexity index is 653. The molecule has 1 aromatic rings. The molecule has 0 aromatic heterocycles. The maximum Gasteiger partial charge on any atom is 0.490 e. The first kappa shape index (κ1) is 17.2. The minimum absolute atomic E-state index is 0.0841. The van der Waals surface area contributed by atoms with E-state index in [0.717, 1.165) is 5.47 Å². The summed E-state index contributed by atoms with van der Waals surface area (Å²) in [7, 11) is -0.349. The summed E-state index contributed by atoms with van der Waals surface area (Å²) < 4.78 is 25.1. The van der Waals surface area contributed by atoms with Crippen molar-refractivity contribution in [2.75, 3.05) is 13.1 Å². The van der Waals surface area contributed by atoms with E-state index in [9.17, 15) is 9.18 Å². The third kappa shape index (κ3) is 3.13. The van der Waals surface area contributed by atoms with Gasteiger partial charge >= 0.3 is 7.12 Å². The average molecular weight is 331 g/mol. The molecule has 0 unspecified atom stereocenters. The molecule has 0 atom stereocenters. The Morgan fingerprint density at radius 1 is 1.12 bits per heavy atom. The van der Waals surface area contributed by atoms with Crippen LogP contribution in [0.3, 0.4) is 0 Å². The van der Waals surface area contributed by atoms with Crippen LogP contribution in [0.15, 0.2) is 35.8 Å². The predicted octanol–water partition coefficient (Wildman–Crippen LogP) is 3.23. The lowest BCUT2D eigenvalue weighted by Crippen LogP contribution is -2.41. The van der Waals surface area contributed by atoms with Gasteiger partial charge in [0.05, 0.1) is 11.2 Å². The Morgan fingerprint density at radius 2 is 1.71 bits per heavy atom. The Morgan fingerprint density at radius 3 is 2.21 bits per heavy atom. The molecule has 4 nitrogen and oxygen atoms in total. The largest absolute Gasteiger partial charge is 0.490 e. The zero-order valence-electron chi connectivity index (χ0n) is 14.6. The molecule has 2 heterocycles. The maximum absolute atomic E-state index is 13.0. The highest BCUT2D eigenvalue weighted by molar-refractivity contribution is 6.54. The molecule has 0 spiro atoms.